The highest BCUT2D eigenvalue weighted by molar-refractivity contribution is 7.91. The molecule has 2 N–H and O–H groups in total. The van der Waals surface area contributed by atoms with Gasteiger partial charge in [0.05, 0.1) is 14.2 Å². The molecule has 1 unspecified atom stereocenters. The first-order chi connectivity index (χ1) is 13.3. The van der Waals surface area contributed by atoms with E-state index in [0.29, 0.717) is 0 Å². The fourth-order valence-corrected chi connectivity index (χ4v) is 6.21. The number of hydrogen-bond donors (Lipinski definition) is 2. The number of nitrogens with zero attached hydrogens (tertiary/aromatic N) is 1. The molecule has 0 fully saturated rings. The van der Waals surface area contributed by atoms with Crippen LogP contribution in [-0.4, -0.2) is 50.1 Å². The minimum Gasteiger partial charge on any atom is -0.494 e. The molecule has 0 radical (unpaired) electrons. The molecule has 2 aromatic rings. The van der Waals surface area contributed by atoms with Gasteiger partial charge < -0.3 is 9.47 Å². The molecule has 1 aliphatic rings. The zero-order valence-electron chi connectivity index (χ0n) is 15.0. The van der Waals surface area contributed by atoms with E-state index in [1.807, 2.05) is 0 Å². The lowest BCUT2D eigenvalue weighted by atomic mass is 9.95. The van der Waals surface area contributed by atoms with Crippen LogP contribution in [0.3, 0.4) is 0 Å². The van der Waals surface area contributed by atoms with Gasteiger partial charge in [-0.25, -0.2) is 18.7 Å². The number of amides is 1. The Balaban J connectivity index is 2.10. The number of benzene rings is 1. The summed E-state index contributed by atoms with van der Waals surface area (Å²) in [5.74, 6) is -1.72. The molecule has 1 atom stereocenters. The molecule has 0 spiro atoms. The third kappa shape index (κ3) is 3.37. The van der Waals surface area contributed by atoms with Crippen LogP contribution in [0.2, 0.25) is 0 Å². The molecule has 0 aliphatic carbocycles. The summed E-state index contributed by atoms with van der Waals surface area (Å²) in [5, 5.41) is 10.4. The molecule has 1 aromatic carbocycles. The number of hydrogen-bond acceptors (Lipinski definition) is 8. The Morgan fingerprint density at radius 2 is 1.93 bits per heavy atom. The van der Waals surface area contributed by atoms with E-state index in [0.717, 1.165) is 26.8 Å². The molecule has 150 valence electrons. The number of fused-ring (bicyclic) bond motifs is 1. The number of nitrogens with one attached hydrogen (secondary N) is 1. The third-order valence-electron chi connectivity index (χ3n) is 4.48. The van der Waals surface area contributed by atoms with Crippen molar-refractivity contribution < 1.29 is 32.7 Å². The van der Waals surface area contributed by atoms with E-state index in [1.54, 1.807) is 24.3 Å². The Kier molecular flexibility index (Phi) is 5.70. The number of sulfonamides is 1. The van der Waals surface area contributed by atoms with E-state index in [2.05, 4.69) is 4.74 Å². The molecule has 1 aliphatic heterocycles. The van der Waals surface area contributed by atoms with Crippen molar-refractivity contribution in [1.82, 2.24) is 9.79 Å². The molecular weight excluding hydrogens is 408 g/mol. The molecule has 0 saturated carbocycles. The largest absolute Gasteiger partial charge is 0.494 e. The van der Waals surface area contributed by atoms with Crippen LogP contribution in [0.15, 0.2) is 33.9 Å². The van der Waals surface area contributed by atoms with Crippen LogP contribution in [0, 0.1) is 0 Å². The van der Waals surface area contributed by atoms with Gasteiger partial charge in [0.1, 0.15) is 11.6 Å². The predicted octanol–water partition coefficient (Wildman–Crippen LogP) is 1.16. The molecule has 11 heteroatoms. The normalized spacial score (nSPS) is 16.9. The van der Waals surface area contributed by atoms with Crippen molar-refractivity contribution >= 4 is 33.2 Å². The number of thiophene rings is 1. The van der Waals surface area contributed by atoms with Crippen LogP contribution in [0.4, 0.5) is 0 Å². The van der Waals surface area contributed by atoms with Gasteiger partial charge in [-0.3, -0.25) is 10.0 Å². The second-order valence-corrected chi connectivity index (χ2v) is 8.94. The van der Waals surface area contributed by atoms with Gasteiger partial charge in [-0.15, -0.1) is 11.3 Å². The maximum atomic E-state index is 13.4. The lowest BCUT2D eigenvalue weighted by Crippen LogP contribution is -2.51. The first kappa shape index (κ1) is 20.3. The van der Waals surface area contributed by atoms with Gasteiger partial charge in [0.2, 0.25) is 0 Å². The zero-order chi connectivity index (χ0) is 20.5. The summed E-state index contributed by atoms with van der Waals surface area (Å²) in [6.07, 6.45) is 0.0966. The minimum atomic E-state index is -4.23. The van der Waals surface area contributed by atoms with Gasteiger partial charge in [0.25, 0.3) is 15.9 Å². The molecule has 9 nitrogen and oxygen atoms in total. The first-order valence-corrected chi connectivity index (χ1v) is 10.4. The van der Waals surface area contributed by atoms with Crippen molar-refractivity contribution in [2.75, 3.05) is 14.2 Å². The summed E-state index contributed by atoms with van der Waals surface area (Å²) in [6.45, 7) is -0.0643. The van der Waals surface area contributed by atoms with Gasteiger partial charge in [-0.2, -0.15) is 4.31 Å². The number of ether oxygens (including phenoxy) is 2. The summed E-state index contributed by atoms with van der Waals surface area (Å²) in [6, 6.07) is 5.99. The Bertz CT molecular complexity index is 1020. The van der Waals surface area contributed by atoms with Crippen LogP contribution >= 0.6 is 11.3 Å². The maximum Gasteiger partial charge on any atom is 0.342 e. The van der Waals surface area contributed by atoms with Crippen molar-refractivity contribution in [3.63, 3.8) is 0 Å². The van der Waals surface area contributed by atoms with Crippen molar-refractivity contribution in [3.05, 3.63) is 46.3 Å². The number of carbonyl (C=O) groups is 2. The predicted molar refractivity (Wildman–Crippen MR) is 98.8 cm³/mol. The SMILES string of the molecule is COC(=O)c1csc(S(=O)(=O)N2Cc3ccccc3CC2C(=O)NO)c1OC. The highest BCUT2D eigenvalue weighted by atomic mass is 32.2. The summed E-state index contributed by atoms with van der Waals surface area (Å²) < 4.78 is 37.3. The quantitative estimate of drug-likeness (QED) is 0.418. The van der Waals surface area contributed by atoms with Crippen molar-refractivity contribution in [3.8, 4) is 5.75 Å². The molecule has 0 bridgehead atoms. The highest BCUT2D eigenvalue weighted by Gasteiger charge is 2.42. The van der Waals surface area contributed by atoms with E-state index in [9.17, 15) is 18.0 Å². The van der Waals surface area contributed by atoms with Crippen LogP contribution in [0.25, 0.3) is 0 Å². The molecule has 2 heterocycles. The van der Waals surface area contributed by atoms with Crippen molar-refractivity contribution in [2.24, 2.45) is 0 Å². The zero-order valence-corrected chi connectivity index (χ0v) is 16.7. The summed E-state index contributed by atoms with van der Waals surface area (Å²) >= 11 is 0.798. The smallest absolute Gasteiger partial charge is 0.342 e. The monoisotopic (exact) mass is 426 g/mol. The third-order valence-corrected chi connectivity index (χ3v) is 7.81. The highest BCUT2D eigenvalue weighted by Crippen LogP contribution is 2.39. The molecule has 1 aromatic heterocycles. The van der Waals surface area contributed by atoms with E-state index in [4.69, 9.17) is 9.94 Å². The van der Waals surface area contributed by atoms with Crippen LogP contribution in [0.1, 0.15) is 21.5 Å². The van der Waals surface area contributed by atoms with Gasteiger partial charge in [0, 0.05) is 11.9 Å². The van der Waals surface area contributed by atoms with Gasteiger partial charge in [-0.1, -0.05) is 24.3 Å². The summed E-state index contributed by atoms with van der Waals surface area (Å²) in [5.41, 5.74) is 3.08. The standard InChI is InChI=1S/C17H18N2O7S2/c1-25-14-12(16(21)26-2)9-27-17(14)28(23,24)19-8-11-6-4-3-5-10(11)7-13(19)15(20)18-22/h3-6,9,13,22H,7-8H2,1-2H3,(H,18,20). The van der Waals surface area contributed by atoms with E-state index < -0.39 is 27.9 Å². The molecular formula is C17H18N2O7S2. The number of methoxy groups -OCH3 is 2. The second kappa shape index (κ2) is 7.87. The number of esters is 1. The Labute approximate surface area is 165 Å². The average molecular weight is 426 g/mol. The molecule has 1 amide bonds. The second-order valence-electron chi connectivity index (χ2n) is 5.98. The topological polar surface area (TPSA) is 122 Å². The first-order valence-electron chi connectivity index (χ1n) is 8.11. The van der Waals surface area contributed by atoms with Gasteiger partial charge in [0.15, 0.2) is 9.96 Å². The fraction of sp³-hybridized carbons (Fsp3) is 0.294. The maximum absolute atomic E-state index is 13.4. The van der Waals surface area contributed by atoms with E-state index in [-0.39, 0.29) is 28.5 Å². The lowest BCUT2D eigenvalue weighted by Gasteiger charge is -2.34. The minimum absolute atomic E-state index is 0.0193. The Hall–Kier alpha value is -2.47. The Morgan fingerprint density at radius 3 is 2.54 bits per heavy atom. The van der Waals surface area contributed by atoms with Crippen molar-refractivity contribution in [2.45, 2.75) is 23.2 Å². The van der Waals surface area contributed by atoms with E-state index >= 15 is 0 Å². The fourth-order valence-electron chi connectivity index (χ4n) is 3.11. The Morgan fingerprint density at radius 1 is 1.25 bits per heavy atom. The van der Waals surface area contributed by atoms with Gasteiger partial charge >= 0.3 is 5.97 Å². The van der Waals surface area contributed by atoms with Crippen molar-refractivity contribution in [1.29, 1.82) is 0 Å². The molecule has 3 rings (SSSR count). The summed E-state index contributed by atoms with van der Waals surface area (Å²) in [4.78, 5) is 24.1. The average Bonchev–Trinajstić information content (AvgIpc) is 3.16. The van der Waals surface area contributed by atoms with Crippen LogP contribution in [0.5, 0.6) is 5.75 Å². The lowest BCUT2D eigenvalue weighted by molar-refractivity contribution is -0.133. The summed E-state index contributed by atoms with van der Waals surface area (Å²) in [7, 11) is -1.80. The molecule has 28 heavy (non-hydrogen) atoms. The molecule has 0 saturated heterocycles. The number of hydroxylamine groups is 1. The van der Waals surface area contributed by atoms with Crippen LogP contribution in [-0.2, 0) is 32.5 Å². The van der Waals surface area contributed by atoms with Gasteiger partial charge in [-0.05, 0) is 17.5 Å². The van der Waals surface area contributed by atoms with Crippen LogP contribution < -0.4 is 10.2 Å². The number of rotatable bonds is 5. The number of carbonyl (C=O) groups excluding carboxylic acids is 2. The van der Waals surface area contributed by atoms with E-state index in [1.165, 1.54) is 25.1 Å².